The Hall–Kier alpha value is -3.48. The molecule has 0 radical (unpaired) electrons. The number of nitrogens with one attached hydrogen (secondary N) is 2. The first-order valence-corrected chi connectivity index (χ1v) is 7.91. The van der Waals surface area contributed by atoms with Crippen LogP contribution in [0.5, 0.6) is 0 Å². The summed E-state index contributed by atoms with van der Waals surface area (Å²) >= 11 is 0. The first-order valence-electron chi connectivity index (χ1n) is 7.91. The quantitative estimate of drug-likeness (QED) is 0.601. The third-order valence-electron chi connectivity index (χ3n) is 4.11. The van der Waals surface area contributed by atoms with Gasteiger partial charge in [0.15, 0.2) is 5.69 Å². The van der Waals surface area contributed by atoms with Crippen molar-refractivity contribution < 1.29 is 4.79 Å². The van der Waals surface area contributed by atoms with Crippen molar-refractivity contribution in [1.29, 1.82) is 0 Å². The van der Waals surface area contributed by atoms with Crippen LogP contribution in [0.2, 0.25) is 0 Å². The largest absolute Gasteiger partial charge is 0.344 e. The summed E-state index contributed by atoms with van der Waals surface area (Å²) in [5.74, 6) is -0.203. The molecule has 2 N–H and O–H groups in total. The number of benzene rings is 2. The van der Waals surface area contributed by atoms with Crippen LogP contribution in [0, 0.1) is 0 Å². The van der Waals surface area contributed by atoms with E-state index in [1.54, 1.807) is 11.0 Å². The van der Waals surface area contributed by atoms with E-state index in [0.717, 1.165) is 22.2 Å². The van der Waals surface area contributed by atoms with E-state index in [1.165, 1.54) is 6.33 Å². The van der Waals surface area contributed by atoms with E-state index in [4.69, 9.17) is 0 Å². The van der Waals surface area contributed by atoms with Crippen LogP contribution in [0.15, 0.2) is 61.2 Å². The lowest BCUT2D eigenvalue weighted by Crippen LogP contribution is -2.27. The van der Waals surface area contributed by atoms with E-state index >= 15 is 0 Å². The van der Waals surface area contributed by atoms with Gasteiger partial charge < -0.3 is 5.32 Å². The van der Waals surface area contributed by atoms with Crippen LogP contribution in [0.25, 0.3) is 16.6 Å². The Morgan fingerprint density at radius 2 is 1.96 bits per heavy atom. The number of rotatable bonds is 4. The van der Waals surface area contributed by atoms with Crippen LogP contribution < -0.4 is 5.32 Å². The summed E-state index contributed by atoms with van der Waals surface area (Å²) < 4.78 is 1.68. The van der Waals surface area contributed by atoms with E-state index in [0.29, 0.717) is 5.69 Å². The van der Waals surface area contributed by atoms with Crippen molar-refractivity contribution in [1.82, 2.24) is 30.3 Å². The molecule has 2 heterocycles. The molecule has 0 aliphatic carbocycles. The molecule has 1 atom stereocenters. The summed E-state index contributed by atoms with van der Waals surface area (Å²) in [5, 5.41) is 14.9. The van der Waals surface area contributed by atoms with Gasteiger partial charge in [0.2, 0.25) is 0 Å². The minimum Gasteiger partial charge on any atom is -0.344 e. The van der Waals surface area contributed by atoms with Crippen molar-refractivity contribution in [3.63, 3.8) is 0 Å². The lowest BCUT2D eigenvalue weighted by atomic mass is 10.1. The Kier molecular flexibility index (Phi) is 3.74. The molecule has 4 aromatic rings. The lowest BCUT2D eigenvalue weighted by Gasteiger charge is -2.14. The summed E-state index contributed by atoms with van der Waals surface area (Å²) in [5.41, 5.74) is 3.16. The van der Waals surface area contributed by atoms with E-state index < -0.39 is 0 Å². The third-order valence-corrected chi connectivity index (χ3v) is 4.11. The summed E-state index contributed by atoms with van der Waals surface area (Å²) in [6, 6.07) is 15.2. The predicted octanol–water partition coefficient (Wildman–Crippen LogP) is 2.63. The molecule has 7 nitrogen and oxygen atoms in total. The number of hydrogen-bond acceptors (Lipinski definition) is 4. The highest BCUT2D eigenvalue weighted by atomic mass is 16.2. The SMILES string of the molecule is C[C@@H](NC(=O)c1n[nH]c2ccccc12)c1ccc(-n2cncn2)cc1. The van der Waals surface area contributed by atoms with Crippen LogP contribution in [0.1, 0.15) is 29.0 Å². The highest BCUT2D eigenvalue weighted by molar-refractivity contribution is 6.04. The molecule has 7 heteroatoms. The minimum absolute atomic E-state index is 0.146. The van der Waals surface area contributed by atoms with Crippen molar-refractivity contribution in [2.45, 2.75) is 13.0 Å². The van der Waals surface area contributed by atoms with Gasteiger partial charge in [0.25, 0.3) is 5.91 Å². The Bertz CT molecular complexity index is 1000. The van der Waals surface area contributed by atoms with Crippen LogP contribution in [0.3, 0.4) is 0 Å². The summed E-state index contributed by atoms with van der Waals surface area (Å²) in [7, 11) is 0. The van der Waals surface area contributed by atoms with Crippen molar-refractivity contribution in [3.8, 4) is 5.69 Å². The first-order chi connectivity index (χ1) is 12.2. The van der Waals surface area contributed by atoms with E-state index in [1.807, 2.05) is 55.5 Å². The molecular weight excluding hydrogens is 316 g/mol. The average Bonchev–Trinajstić information content (AvgIpc) is 3.31. The molecular formula is C18H16N6O. The van der Waals surface area contributed by atoms with Crippen molar-refractivity contribution in [2.24, 2.45) is 0 Å². The number of amides is 1. The molecule has 0 aliphatic rings. The molecule has 4 rings (SSSR count). The Balaban J connectivity index is 1.51. The van der Waals surface area contributed by atoms with Gasteiger partial charge in [-0.1, -0.05) is 30.3 Å². The van der Waals surface area contributed by atoms with E-state index in [9.17, 15) is 4.79 Å². The van der Waals surface area contributed by atoms with E-state index in [2.05, 4.69) is 25.6 Å². The second-order valence-electron chi connectivity index (χ2n) is 5.74. The van der Waals surface area contributed by atoms with Gasteiger partial charge in [0, 0.05) is 5.39 Å². The number of fused-ring (bicyclic) bond motifs is 1. The number of nitrogens with zero attached hydrogens (tertiary/aromatic N) is 4. The normalized spacial score (nSPS) is 12.2. The topological polar surface area (TPSA) is 88.5 Å². The Labute approximate surface area is 143 Å². The van der Waals surface area contributed by atoms with Gasteiger partial charge >= 0.3 is 0 Å². The number of H-pyrrole nitrogens is 1. The molecule has 0 saturated carbocycles. The van der Waals surface area contributed by atoms with Gasteiger partial charge in [-0.3, -0.25) is 9.89 Å². The summed E-state index contributed by atoms with van der Waals surface area (Å²) in [6.45, 7) is 1.94. The van der Waals surface area contributed by atoms with Crippen molar-refractivity contribution >= 4 is 16.8 Å². The van der Waals surface area contributed by atoms with E-state index in [-0.39, 0.29) is 11.9 Å². The Morgan fingerprint density at radius 1 is 1.16 bits per heavy atom. The fraction of sp³-hybridized carbons (Fsp3) is 0.111. The third kappa shape index (κ3) is 2.87. The van der Waals surface area contributed by atoms with Crippen LogP contribution >= 0.6 is 0 Å². The number of carbonyl (C=O) groups is 1. The smallest absolute Gasteiger partial charge is 0.272 e. The monoisotopic (exact) mass is 332 g/mol. The zero-order valence-electron chi connectivity index (χ0n) is 13.5. The van der Waals surface area contributed by atoms with Gasteiger partial charge in [-0.15, -0.1) is 0 Å². The maximum atomic E-state index is 12.5. The van der Waals surface area contributed by atoms with Crippen molar-refractivity contribution in [3.05, 3.63) is 72.4 Å². The molecule has 0 spiro atoms. The zero-order valence-corrected chi connectivity index (χ0v) is 13.5. The van der Waals surface area contributed by atoms with Gasteiger partial charge in [0.05, 0.1) is 17.2 Å². The van der Waals surface area contributed by atoms with Crippen LogP contribution in [0.4, 0.5) is 0 Å². The fourth-order valence-electron chi connectivity index (χ4n) is 2.74. The molecule has 0 unspecified atom stereocenters. The van der Waals surface area contributed by atoms with Gasteiger partial charge in [-0.2, -0.15) is 10.2 Å². The van der Waals surface area contributed by atoms with Gasteiger partial charge in [-0.25, -0.2) is 9.67 Å². The molecule has 2 aromatic heterocycles. The van der Waals surface area contributed by atoms with Crippen LogP contribution in [-0.4, -0.2) is 30.9 Å². The molecule has 0 aliphatic heterocycles. The fourth-order valence-corrected chi connectivity index (χ4v) is 2.74. The summed E-state index contributed by atoms with van der Waals surface area (Å²) in [6.07, 6.45) is 3.13. The highest BCUT2D eigenvalue weighted by Crippen LogP contribution is 2.18. The average molecular weight is 332 g/mol. The van der Waals surface area contributed by atoms with Gasteiger partial charge in [-0.05, 0) is 30.7 Å². The molecule has 0 saturated heterocycles. The highest BCUT2D eigenvalue weighted by Gasteiger charge is 2.16. The molecule has 1 amide bonds. The molecule has 0 fully saturated rings. The maximum absolute atomic E-state index is 12.5. The Morgan fingerprint density at radius 3 is 2.72 bits per heavy atom. The maximum Gasteiger partial charge on any atom is 0.272 e. The lowest BCUT2D eigenvalue weighted by molar-refractivity contribution is 0.0936. The van der Waals surface area contributed by atoms with Gasteiger partial charge in [0.1, 0.15) is 12.7 Å². The molecule has 0 bridgehead atoms. The number of carbonyl (C=O) groups excluding carboxylic acids is 1. The first kappa shape index (κ1) is 15.1. The number of aromatic amines is 1. The molecule has 25 heavy (non-hydrogen) atoms. The van der Waals surface area contributed by atoms with Crippen molar-refractivity contribution in [2.75, 3.05) is 0 Å². The molecule has 2 aromatic carbocycles. The predicted molar refractivity (Wildman–Crippen MR) is 93.3 cm³/mol. The number of aromatic nitrogens is 5. The van der Waals surface area contributed by atoms with Crippen LogP contribution in [-0.2, 0) is 0 Å². The second kappa shape index (κ2) is 6.20. The summed E-state index contributed by atoms with van der Waals surface area (Å²) in [4.78, 5) is 16.5. The minimum atomic E-state index is -0.203. The standard InChI is InChI=1S/C18H16N6O/c1-12(13-6-8-14(9-7-13)24-11-19-10-20-24)21-18(25)17-15-4-2-3-5-16(15)22-23-17/h2-12H,1H3,(H,21,25)(H,22,23)/t12-/m1/s1. The molecule has 124 valence electrons. The second-order valence-corrected chi connectivity index (χ2v) is 5.74. The number of para-hydroxylation sites is 1. The zero-order chi connectivity index (χ0) is 17.2. The number of hydrogen-bond donors (Lipinski definition) is 2.